The summed E-state index contributed by atoms with van der Waals surface area (Å²) in [5, 5.41) is 20.7. The molecule has 0 saturated heterocycles. The minimum Gasteiger partial charge on any atom is -0.506 e. The summed E-state index contributed by atoms with van der Waals surface area (Å²) < 4.78 is 0.860. The number of carboxylic acids is 1. The third-order valence-electron chi connectivity index (χ3n) is 2.30. The number of benzene rings is 1. The van der Waals surface area contributed by atoms with Crippen LogP contribution in [0.25, 0.3) is 0 Å². The highest BCUT2D eigenvalue weighted by Crippen LogP contribution is 2.35. The number of hydrogen-bond acceptors (Lipinski definition) is 4. The average Bonchev–Trinajstić information content (AvgIpc) is 2.32. The molecule has 1 aromatic rings. The Labute approximate surface area is 126 Å². The Balaban J connectivity index is 2.60. The first-order valence-corrected chi connectivity index (χ1v) is 6.86. The highest BCUT2D eigenvalue weighted by molar-refractivity contribution is 9.11. The van der Waals surface area contributed by atoms with Crippen LogP contribution in [0.4, 0.5) is 5.69 Å². The van der Waals surface area contributed by atoms with E-state index in [9.17, 15) is 14.7 Å². The minimum absolute atomic E-state index is 0.00355. The third kappa shape index (κ3) is 4.81. The number of carbonyl (C=O) groups excluding carboxylic acids is 1. The molecule has 1 rings (SSSR count). The zero-order valence-electron chi connectivity index (χ0n) is 9.69. The van der Waals surface area contributed by atoms with Crippen molar-refractivity contribution in [2.45, 2.75) is 18.9 Å². The molecule has 8 heteroatoms. The molecule has 6 nitrogen and oxygen atoms in total. The van der Waals surface area contributed by atoms with Gasteiger partial charge in [0.1, 0.15) is 11.8 Å². The monoisotopic (exact) mass is 394 g/mol. The number of rotatable bonds is 5. The standard InChI is InChI=1S/C11H12Br2N2O4/c12-6-3-5(4-7(13)10(6)17)15-9(16)2-1-8(14)11(18)19/h3-4,8,17H,1-2,14H2,(H,15,16)(H,18,19)/t8-/m0/s1. The lowest BCUT2D eigenvalue weighted by Gasteiger charge is -2.09. The summed E-state index contributed by atoms with van der Waals surface area (Å²) in [7, 11) is 0. The second kappa shape index (κ2) is 6.88. The fraction of sp³-hybridized carbons (Fsp3) is 0.273. The fourth-order valence-electron chi connectivity index (χ4n) is 1.27. The van der Waals surface area contributed by atoms with Crippen molar-refractivity contribution in [1.29, 1.82) is 0 Å². The Hall–Kier alpha value is -1.12. The fourth-order valence-corrected chi connectivity index (χ4v) is 2.46. The Morgan fingerprint density at radius 1 is 1.32 bits per heavy atom. The van der Waals surface area contributed by atoms with Crippen molar-refractivity contribution >= 4 is 49.4 Å². The number of carboxylic acid groups (broad SMARTS) is 1. The highest BCUT2D eigenvalue weighted by Gasteiger charge is 2.14. The van der Waals surface area contributed by atoms with Gasteiger partial charge in [-0.3, -0.25) is 9.59 Å². The molecule has 0 aliphatic rings. The maximum atomic E-state index is 11.6. The Morgan fingerprint density at radius 2 is 1.84 bits per heavy atom. The quantitative estimate of drug-likeness (QED) is 0.570. The molecule has 5 N–H and O–H groups in total. The summed E-state index contributed by atoms with van der Waals surface area (Å²) >= 11 is 6.28. The predicted molar refractivity (Wildman–Crippen MR) is 77.0 cm³/mol. The van der Waals surface area contributed by atoms with E-state index < -0.39 is 12.0 Å². The van der Waals surface area contributed by atoms with Crippen LogP contribution in [0.2, 0.25) is 0 Å². The first kappa shape index (κ1) is 15.9. The summed E-state index contributed by atoms with van der Waals surface area (Å²) in [6.45, 7) is 0. The van der Waals surface area contributed by atoms with Crippen molar-refractivity contribution in [1.82, 2.24) is 0 Å². The first-order chi connectivity index (χ1) is 8.81. The molecule has 1 atom stereocenters. The van der Waals surface area contributed by atoms with Crippen LogP contribution in [0, 0.1) is 0 Å². The molecule has 0 spiro atoms. The second-order valence-corrected chi connectivity index (χ2v) is 5.53. The number of aromatic hydroxyl groups is 1. The van der Waals surface area contributed by atoms with Gasteiger partial charge in [0, 0.05) is 12.1 Å². The van der Waals surface area contributed by atoms with E-state index >= 15 is 0 Å². The number of aliphatic carboxylic acids is 1. The van der Waals surface area contributed by atoms with Gasteiger partial charge >= 0.3 is 5.97 Å². The highest BCUT2D eigenvalue weighted by atomic mass is 79.9. The summed E-state index contributed by atoms with van der Waals surface area (Å²) in [5.41, 5.74) is 5.78. The van der Waals surface area contributed by atoms with Crippen LogP contribution in [0.1, 0.15) is 12.8 Å². The number of phenols is 1. The Kier molecular flexibility index (Phi) is 5.77. The van der Waals surface area contributed by atoms with Gasteiger partial charge in [-0.25, -0.2) is 0 Å². The van der Waals surface area contributed by atoms with Crippen LogP contribution >= 0.6 is 31.9 Å². The van der Waals surface area contributed by atoms with Gasteiger partial charge in [0.25, 0.3) is 0 Å². The van der Waals surface area contributed by atoms with E-state index in [1.54, 1.807) is 0 Å². The molecule has 0 fully saturated rings. The van der Waals surface area contributed by atoms with Crippen LogP contribution < -0.4 is 11.1 Å². The summed E-state index contributed by atoms with van der Waals surface area (Å²) in [5.74, 6) is -1.45. The first-order valence-electron chi connectivity index (χ1n) is 5.27. The smallest absolute Gasteiger partial charge is 0.320 e. The maximum absolute atomic E-state index is 11.6. The van der Waals surface area contributed by atoms with Crippen LogP contribution in [-0.2, 0) is 9.59 Å². The lowest BCUT2D eigenvalue weighted by molar-refractivity contribution is -0.138. The normalized spacial score (nSPS) is 11.9. The number of phenolic OH excluding ortho intramolecular Hbond substituents is 1. The number of halogens is 2. The topological polar surface area (TPSA) is 113 Å². The number of nitrogens with two attached hydrogens (primary N) is 1. The summed E-state index contributed by atoms with van der Waals surface area (Å²) in [6.07, 6.45) is 0.0607. The maximum Gasteiger partial charge on any atom is 0.320 e. The number of nitrogens with one attached hydrogen (secondary N) is 1. The van der Waals surface area contributed by atoms with Gasteiger partial charge in [-0.1, -0.05) is 0 Å². The number of carbonyl (C=O) groups is 2. The molecule has 0 aliphatic carbocycles. The van der Waals surface area contributed by atoms with Crippen molar-refractivity contribution < 1.29 is 19.8 Å². The van der Waals surface area contributed by atoms with Crippen LogP contribution in [0.3, 0.4) is 0 Å². The molecule has 1 amide bonds. The van der Waals surface area contributed by atoms with Crippen LogP contribution in [-0.4, -0.2) is 28.1 Å². The third-order valence-corrected chi connectivity index (χ3v) is 3.51. The molecule has 104 valence electrons. The molecule has 0 unspecified atom stereocenters. The van der Waals surface area contributed by atoms with Crippen molar-refractivity contribution in [3.63, 3.8) is 0 Å². The Bertz CT molecular complexity index is 484. The van der Waals surface area contributed by atoms with Gasteiger partial charge in [0.15, 0.2) is 0 Å². The van der Waals surface area contributed by atoms with Crippen LogP contribution in [0.15, 0.2) is 21.1 Å². The van der Waals surface area contributed by atoms with Gasteiger partial charge < -0.3 is 21.3 Å². The largest absolute Gasteiger partial charge is 0.506 e. The van der Waals surface area contributed by atoms with Crippen molar-refractivity contribution in [3.05, 3.63) is 21.1 Å². The zero-order chi connectivity index (χ0) is 14.6. The molecule has 0 heterocycles. The summed E-state index contributed by atoms with van der Waals surface area (Å²) in [6, 6.07) is 2.02. The van der Waals surface area contributed by atoms with Crippen molar-refractivity contribution in [2.24, 2.45) is 5.73 Å². The number of amides is 1. The van der Waals surface area contributed by atoms with Gasteiger partial charge in [-0.05, 0) is 50.4 Å². The molecule has 0 aliphatic heterocycles. The van der Waals surface area contributed by atoms with E-state index in [4.69, 9.17) is 10.8 Å². The van der Waals surface area contributed by atoms with Crippen LogP contribution in [0.5, 0.6) is 5.75 Å². The van der Waals surface area contributed by atoms with Gasteiger partial charge in [-0.2, -0.15) is 0 Å². The number of anilines is 1. The lowest BCUT2D eigenvalue weighted by Crippen LogP contribution is -2.31. The molecule has 0 radical (unpaired) electrons. The van der Waals surface area contributed by atoms with Gasteiger partial charge in [0.05, 0.1) is 8.95 Å². The molecule has 0 aromatic heterocycles. The van der Waals surface area contributed by atoms with E-state index in [0.717, 1.165) is 0 Å². The molecular formula is C11H12Br2N2O4. The minimum atomic E-state index is -1.14. The predicted octanol–water partition coefficient (Wildman–Crippen LogP) is 2.05. The van der Waals surface area contributed by atoms with Crippen molar-refractivity contribution in [3.8, 4) is 5.75 Å². The lowest BCUT2D eigenvalue weighted by atomic mass is 10.1. The summed E-state index contributed by atoms with van der Waals surface area (Å²) in [4.78, 5) is 22.1. The molecule has 1 aromatic carbocycles. The number of hydrogen-bond donors (Lipinski definition) is 4. The molecule has 0 saturated carbocycles. The van der Waals surface area contributed by atoms with E-state index in [1.165, 1.54) is 12.1 Å². The molecule has 19 heavy (non-hydrogen) atoms. The zero-order valence-corrected chi connectivity index (χ0v) is 12.9. The SMILES string of the molecule is N[C@@H](CCC(=O)Nc1cc(Br)c(O)c(Br)c1)C(=O)O. The molecule has 0 bridgehead atoms. The van der Waals surface area contributed by atoms with E-state index in [-0.39, 0.29) is 24.5 Å². The van der Waals surface area contributed by atoms with Crippen molar-refractivity contribution in [2.75, 3.05) is 5.32 Å². The molecular weight excluding hydrogens is 384 g/mol. The average molecular weight is 396 g/mol. The van der Waals surface area contributed by atoms with E-state index in [0.29, 0.717) is 14.6 Å². The van der Waals surface area contributed by atoms with E-state index in [2.05, 4.69) is 37.2 Å². The second-order valence-electron chi connectivity index (χ2n) is 3.82. The van der Waals surface area contributed by atoms with Gasteiger partial charge in [-0.15, -0.1) is 0 Å². The Morgan fingerprint density at radius 3 is 2.32 bits per heavy atom. The van der Waals surface area contributed by atoms with E-state index in [1.807, 2.05) is 0 Å². The van der Waals surface area contributed by atoms with Gasteiger partial charge in [0.2, 0.25) is 5.91 Å².